The molecule has 3 rings (SSSR count). The Balaban J connectivity index is 1.81. The van der Waals surface area contributed by atoms with E-state index in [-0.39, 0.29) is 0 Å². The molecule has 96 valence electrons. The third kappa shape index (κ3) is 2.44. The van der Waals surface area contributed by atoms with Crippen molar-refractivity contribution in [3.8, 4) is 5.75 Å². The quantitative estimate of drug-likeness (QED) is 0.777. The maximum Gasteiger partial charge on any atom is 0.146 e. The maximum atomic E-state index is 5.79. The monoisotopic (exact) mass is 254 g/mol. The van der Waals surface area contributed by atoms with Crippen molar-refractivity contribution in [3.05, 3.63) is 60.2 Å². The smallest absolute Gasteiger partial charge is 0.146 e. The first kappa shape index (κ1) is 11.7. The lowest BCUT2D eigenvalue weighted by Crippen LogP contribution is -1.96. The lowest BCUT2D eigenvalue weighted by molar-refractivity contribution is 0.269. The number of hydrogen-bond donors (Lipinski definition) is 1. The second kappa shape index (κ2) is 5.12. The van der Waals surface area contributed by atoms with E-state index >= 15 is 0 Å². The highest BCUT2D eigenvalue weighted by molar-refractivity contribution is 5.84. The van der Waals surface area contributed by atoms with E-state index in [2.05, 4.69) is 4.98 Å². The van der Waals surface area contributed by atoms with E-state index in [1.807, 2.05) is 42.5 Å². The van der Waals surface area contributed by atoms with E-state index in [4.69, 9.17) is 14.9 Å². The molecule has 2 heterocycles. The zero-order valence-corrected chi connectivity index (χ0v) is 10.4. The highest BCUT2D eigenvalue weighted by Crippen LogP contribution is 2.24. The van der Waals surface area contributed by atoms with Crippen LogP contribution in [0.4, 0.5) is 0 Å². The van der Waals surface area contributed by atoms with Crippen LogP contribution in [-0.4, -0.2) is 4.98 Å². The van der Waals surface area contributed by atoms with Gasteiger partial charge in [-0.2, -0.15) is 0 Å². The Morgan fingerprint density at radius 3 is 2.79 bits per heavy atom. The molecule has 0 bridgehead atoms. The molecule has 0 amide bonds. The van der Waals surface area contributed by atoms with E-state index < -0.39 is 0 Å². The average molecular weight is 254 g/mol. The van der Waals surface area contributed by atoms with Crippen molar-refractivity contribution in [2.24, 2.45) is 5.73 Å². The molecule has 0 atom stereocenters. The molecule has 0 fully saturated rings. The summed E-state index contributed by atoms with van der Waals surface area (Å²) >= 11 is 0. The van der Waals surface area contributed by atoms with E-state index in [0.29, 0.717) is 13.2 Å². The van der Waals surface area contributed by atoms with Crippen LogP contribution in [0.25, 0.3) is 10.9 Å². The van der Waals surface area contributed by atoms with Crippen molar-refractivity contribution in [1.82, 2.24) is 4.98 Å². The Kier molecular flexibility index (Phi) is 3.16. The maximum absolute atomic E-state index is 5.79. The molecule has 2 aromatic heterocycles. The van der Waals surface area contributed by atoms with Gasteiger partial charge in [-0.1, -0.05) is 6.07 Å². The summed E-state index contributed by atoms with van der Waals surface area (Å²) in [6, 6.07) is 13.4. The van der Waals surface area contributed by atoms with Crippen molar-refractivity contribution < 1.29 is 9.15 Å². The molecule has 4 heteroatoms. The first-order valence-corrected chi connectivity index (χ1v) is 6.11. The van der Waals surface area contributed by atoms with Crippen LogP contribution in [0.1, 0.15) is 11.5 Å². The second-order valence-electron chi connectivity index (χ2n) is 4.19. The van der Waals surface area contributed by atoms with E-state index in [1.165, 1.54) is 0 Å². The largest absolute Gasteiger partial charge is 0.485 e. The minimum atomic E-state index is 0.383. The van der Waals surface area contributed by atoms with Crippen LogP contribution in [0.5, 0.6) is 5.75 Å². The number of hydrogen-bond acceptors (Lipinski definition) is 4. The van der Waals surface area contributed by atoms with Gasteiger partial charge >= 0.3 is 0 Å². The molecule has 0 aliphatic carbocycles. The molecule has 0 spiro atoms. The summed E-state index contributed by atoms with van der Waals surface area (Å²) in [7, 11) is 0. The van der Waals surface area contributed by atoms with Crippen LogP contribution < -0.4 is 10.5 Å². The van der Waals surface area contributed by atoms with Crippen LogP contribution in [0.3, 0.4) is 0 Å². The third-order valence-electron chi connectivity index (χ3n) is 2.89. The van der Waals surface area contributed by atoms with Crippen molar-refractivity contribution >= 4 is 10.9 Å². The van der Waals surface area contributed by atoms with Gasteiger partial charge in [-0.05, 0) is 36.4 Å². The summed E-state index contributed by atoms with van der Waals surface area (Å²) in [4.78, 5) is 4.29. The van der Waals surface area contributed by atoms with Gasteiger partial charge in [-0.15, -0.1) is 0 Å². The van der Waals surface area contributed by atoms with Gasteiger partial charge in [-0.25, -0.2) is 0 Å². The molecule has 0 aliphatic heterocycles. The number of furan rings is 1. The van der Waals surface area contributed by atoms with Crippen molar-refractivity contribution in [3.63, 3.8) is 0 Å². The highest BCUT2D eigenvalue weighted by Gasteiger charge is 2.05. The highest BCUT2D eigenvalue weighted by atomic mass is 16.5. The standard InChI is InChI=1S/C15H14N2O2/c16-9-11-6-7-12(19-11)10-18-15-5-1-4-14-13(15)3-2-8-17-14/h1-8H,9-10,16H2. The predicted molar refractivity (Wildman–Crippen MR) is 72.7 cm³/mol. The van der Waals surface area contributed by atoms with Crippen LogP contribution in [0.15, 0.2) is 53.1 Å². The summed E-state index contributed by atoms with van der Waals surface area (Å²) in [5.74, 6) is 2.33. The van der Waals surface area contributed by atoms with Gasteiger partial charge in [0.15, 0.2) is 0 Å². The number of pyridine rings is 1. The van der Waals surface area contributed by atoms with Crippen molar-refractivity contribution in [2.45, 2.75) is 13.2 Å². The number of rotatable bonds is 4. The predicted octanol–water partition coefficient (Wildman–Crippen LogP) is 2.87. The fourth-order valence-electron chi connectivity index (χ4n) is 1.96. The minimum Gasteiger partial charge on any atom is -0.485 e. The Hall–Kier alpha value is -2.33. The molecule has 0 unspecified atom stereocenters. The summed E-state index contributed by atoms with van der Waals surface area (Å²) in [6.45, 7) is 0.784. The molecule has 2 N–H and O–H groups in total. The molecule has 3 aromatic rings. The van der Waals surface area contributed by atoms with Gasteiger partial charge in [-0.3, -0.25) is 4.98 Å². The molecule has 0 saturated heterocycles. The van der Waals surface area contributed by atoms with Gasteiger partial charge in [0.1, 0.15) is 23.9 Å². The summed E-state index contributed by atoms with van der Waals surface area (Å²) < 4.78 is 11.3. The third-order valence-corrected chi connectivity index (χ3v) is 2.89. The van der Waals surface area contributed by atoms with Gasteiger partial charge in [0.2, 0.25) is 0 Å². The van der Waals surface area contributed by atoms with Gasteiger partial charge in [0.05, 0.1) is 12.1 Å². The van der Waals surface area contributed by atoms with Crippen LogP contribution in [0.2, 0.25) is 0 Å². The van der Waals surface area contributed by atoms with Crippen LogP contribution in [0, 0.1) is 0 Å². The molecular formula is C15H14N2O2. The number of fused-ring (bicyclic) bond motifs is 1. The van der Waals surface area contributed by atoms with E-state index in [1.54, 1.807) is 6.20 Å². The average Bonchev–Trinajstić information content (AvgIpc) is 2.93. The fraction of sp³-hybridized carbons (Fsp3) is 0.133. The Morgan fingerprint density at radius 2 is 1.95 bits per heavy atom. The van der Waals surface area contributed by atoms with Crippen molar-refractivity contribution in [1.29, 1.82) is 0 Å². The van der Waals surface area contributed by atoms with Crippen LogP contribution in [-0.2, 0) is 13.2 Å². The Labute approximate surface area is 110 Å². The number of aromatic nitrogens is 1. The molecule has 1 aromatic carbocycles. The number of ether oxygens (including phenoxy) is 1. The lowest BCUT2D eigenvalue weighted by Gasteiger charge is -2.07. The van der Waals surface area contributed by atoms with Gasteiger partial charge in [0.25, 0.3) is 0 Å². The van der Waals surface area contributed by atoms with Gasteiger partial charge < -0.3 is 14.9 Å². The molecule has 4 nitrogen and oxygen atoms in total. The summed E-state index contributed by atoms with van der Waals surface area (Å²) in [6.07, 6.45) is 1.77. The fourth-order valence-corrected chi connectivity index (χ4v) is 1.96. The summed E-state index contributed by atoms with van der Waals surface area (Å²) in [5.41, 5.74) is 6.42. The normalized spacial score (nSPS) is 10.8. The number of nitrogens with two attached hydrogens (primary N) is 1. The molecular weight excluding hydrogens is 240 g/mol. The summed E-state index contributed by atoms with van der Waals surface area (Å²) in [5, 5.41) is 0.996. The van der Waals surface area contributed by atoms with Crippen LogP contribution >= 0.6 is 0 Å². The second-order valence-corrected chi connectivity index (χ2v) is 4.19. The zero-order valence-electron chi connectivity index (χ0n) is 10.4. The number of nitrogens with zero attached hydrogens (tertiary/aromatic N) is 1. The topological polar surface area (TPSA) is 61.3 Å². The Bertz CT molecular complexity index is 686. The van der Waals surface area contributed by atoms with E-state index in [0.717, 1.165) is 28.2 Å². The van der Waals surface area contributed by atoms with Crippen molar-refractivity contribution in [2.75, 3.05) is 0 Å². The minimum absolute atomic E-state index is 0.383. The zero-order chi connectivity index (χ0) is 13.1. The molecule has 0 aliphatic rings. The first-order chi connectivity index (χ1) is 9.36. The Morgan fingerprint density at radius 1 is 1.05 bits per heavy atom. The molecule has 19 heavy (non-hydrogen) atoms. The van der Waals surface area contributed by atoms with Gasteiger partial charge in [0, 0.05) is 11.6 Å². The van der Waals surface area contributed by atoms with E-state index in [9.17, 15) is 0 Å². The molecule has 0 radical (unpaired) electrons. The number of benzene rings is 1. The SMILES string of the molecule is NCc1ccc(COc2cccc3ncccc23)o1. The molecule has 0 saturated carbocycles. The first-order valence-electron chi connectivity index (χ1n) is 6.11. The lowest BCUT2D eigenvalue weighted by atomic mass is 10.2.